The van der Waals surface area contributed by atoms with Crippen molar-refractivity contribution in [3.63, 3.8) is 0 Å². The molecule has 2 heterocycles. The molecule has 5 rings (SSSR count). The van der Waals surface area contributed by atoms with Gasteiger partial charge in [0.2, 0.25) is 0 Å². The molecule has 0 saturated carbocycles. The molecular formula is C23H30N4O. The van der Waals surface area contributed by atoms with Crippen LogP contribution < -0.4 is 5.32 Å². The van der Waals surface area contributed by atoms with Crippen LogP contribution in [0, 0.1) is 0 Å². The van der Waals surface area contributed by atoms with Gasteiger partial charge in [-0.2, -0.15) is 5.10 Å². The lowest BCUT2D eigenvalue weighted by molar-refractivity contribution is 0.0785. The maximum Gasteiger partial charge on any atom is 0.274 e. The third kappa shape index (κ3) is 3.16. The average Bonchev–Trinajstić information content (AvgIpc) is 3.45. The molecule has 2 aromatic rings. The van der Waals surface area contributed by atoms with E-state index in [-0.39, 0.29) is 5.91 Å². The first-order chi connectivity index (χ1) is 13.7. The van der Waals surface area contributed by atoms with Crippen LogP contribution >= 0.6 is 0 Å². The molecule has 1 unspecified atom stereocenters. The number of aromatic nitrogens is 2. The van der Waals surface area contributed by atoms with Crippen LogP contribution in [0.5, 0.6) is 0 Å². The Hall–Kier alpha value is -2.14. The van der Waals surface area contributed by atoms with Crippen LogP contribution in [-0.4, -0.2) is 45.8 Å². The Morgan fingerprint density at radius 2 is 1.82 bits per heavy atom. The van der Waals surface area contributed by atoms with E-state index in [0.29, 0.717) is 12.1 Å². The van der Waals surface area contributed by atoms with Gasteiger partial charge in [-0.3, -0.25) is 9.48 Å². The maximum atomic E-state index is 13.1. The molecule has 1 amide bonds. The number of fused-ring (bicyclic) bond motifs is 2. The lowest BCUT2D eigenvalue weighted by Gasteiger charge is -2.27. The molecule has 0 radical (unpaired) electrons. The first-order valence-corrected chi connectivity index (χ1v) is 10.9. The summed E-state index contributed by atoms with van der Waals surface area (Å²) in [5, 5.41) is 8.66. The summed E-state index contributed by atoms with van der Waals surface area (Å²) in [5.41, 5.74) is 6.19. The summed E-state index contributed by atoms with van der Waals surface area (Å²) in [4.78, 5) is 15.1. The van der Waals surface area contributed by atoms with Crippen molar-refractivity contribution in [3.05, 3.63) is 52.3 Å². The number of carbonyl (C=O) groups excluding carboxylic acids is 1. The van der Waals surface area contributed by atoms with Crippen molar-refractivity contribution in [2.75, 3.05) is 13.1 Å². The van der Waals surface area contributed by atoms with Gasteiger partial charge in [0.25, 0.3) is 5.91 Å². The number of nitrogens with one attached hydrogen (secondary N) is 1. The van der Waals surface area contributed by atoms with Crippen LogP contribution in [0.1, 0.15) is 59.1 Å². The van der Waals surface area contributed by atoms with E-state index in [1.165, 1.54) is 22.4 Å². The zero-order valence-corrected chi connectivity index (χ0v) is 16.8. The Balaban J connectivity index is 1.33. The molecule has 0 bridgehead atoms. The topological polar surface area (TPSA) is 50.2 Å². The lowest BCUT2D eigenvalue weighted by Crippen LogP contribution is -2.42. The van der Waals surface area contributed by atoms with Gasteiger partial charge in [-0.15, -0.1) is 0 Å². The summed E-state index contributed by atoms with van der Waals surface area (Å²) in [7, 11) is 0. The Bertz CT molecular complexity index is 856. The number of hydrogen-bond donors (Lipinski definition) is 1. The first-order valence-electron chi connectivity index (χ1n) is 10.9. The van der Waals surface area contributed by atoms with E-state index in [1.807, 2.05) is 4.90 Å². The van der Waals surface area contributed by atoms with Crippen molar-refractivity contribution in [2.45, 2.75) is 70.5 Å². The van der Waals surface area contributed by atoms with Gasteiger partial charge >= 0.3 is 0 Å². The van der Waals surface area contributed by atoms with Gasteiger partial charge in [-0.05, 0) is 63.0 Å². The predicted molar refractivity (Wildman–Crippen MR) is 110 cm³/mol. The molecule has 3 aliphatic rings. The fourth-order valence-corrected chi connectivity index (χ4v) is 5.34. The second kappa shape index (κ2) is 7.36. The van der Waals surface area contributed by atoms with Gasteiger partial charge in [0.1, 0.15) is 0 Å². The van der Waals surface area contributed by atoms with Crippen LogP contribution in [0.4, 0.5) is 0 Å². The summed E-state index contributed by atoms with van der Waals surface area (Å²) in [6.07, 6.45) is 7.55. The van der Waals surface area contributed by atoms with E-state index >= 15 is 0 Å². The Kier molecular flexibility index (Phi) is 4.71. The second-order valence-corrected chi connectivity index (χ2v) is 8.57. The Morgan fingerprint density at radius 1 is 1.11 bits per heavy atom. The van der Waals surface area contributed by atoms with E-state index in [0.717, 1.165) is 70.3 Å². The van der Waals surface area contributed by atoms with Crippen molar-refractivity contribution in [1.29, 1.82) is 0 Å². The molecule has 1 aromatic heterocycles. The standard InChI is InChI=1S/C23H30N4O/c1-2-27-21-10-9-18(24-19-13-16-7-3-4-8-17(16)14-19)15-20(21)22(25-27)23(28)26-11-5-6-12-26/h3-4,7-8,18-19,24H,2,5-6,9-15H2,1H3. The molecule has 1 aromatic carbocycles. The molecule has 0 spiro atoms. The third-order valence-corrected chi connectivity index (χ3v) is 6.76. The molecule has 1 fully saturated rings. The summed E-state index contributed by atoms with van der Waals surface area (Å²) in [5.74, 6) is 0.148. The highest BCUT2D eigenvalue weighted by Crippen LogP contribution is 2.29. The zero-order chi connectivity index (χ0) is 19.1. The van der Waals surface area contributed by atoms with Crippen LogP contribution in [0.3, 0.4) is 0 Å². The first kappa shape index (κ1) is 17.9. The highest BCUT2D eigenvalue weighted by Gasteiger charge is 2.33. The summed E-state index contributed by atoms with van der Waals surface area (Å²) in [6.45, 7) is 4.73. The Morgan fingerprint density at radius 3 is 2.50 bits per heavy atom. The van der Waals surface area contributed by atoms with Gasteiger partial charge in [-0.1, -0.05) is 24.3 Å². The number of likely N-dealkylation sites (tertiary alicyclic amines) is 1. The molecule has 28 heavy (non-hydrogen) atoms. The molecule has 1 N–H and O–H groups in total. The minimum Gasteiger partial charge on any atom is -0.337 e. The van der Waals surface area contributed by atoms with E-state index in [9.17, 15) is 4.79 Å². The van der Waals surface area contributed by atoms with Crippen molar-refractivity contribution < 1.29 is 4.79 Å². The number of rotatable bonds is 4. The summed E-state index contributed by atoms with van der Waals surface area (Å²) >= 11 is 0. The van der Waals surface area contributed by atoms with Crippen molar-refractivity contribution in [2.24, 2.45) is 0 Å². The Labute approximate surface area is 167 Å². The van der Waals surface area contributed by atoms with E-state index in [4.69, 9.17) is 5.10 Å². The normalized spacial score (nSPS) is 21.8. The van der Waals surface area contributed by atoms with E-state index in [2.05, 4.69) is 41.2 Å². The molecule has 1 aliphatic heterocycles. The minimum absolute atomic E-state index is 0.148. The highest BCUT2D eigenvalue weighted by molar-refractivity contribution is 5.94. The van der Waals surface area contributed by atoms with Crippen molar-refractivity contribution in [1.82, 2.24) is 20.0 Å². The van der Waals surface area contributed by atoms with Crippen LogP contribution in [0.15, 0.2) is 24.3 Å². The van der Waals surface area contributed by atoms with Crippen LogP contribution in [0.2, 0.25) is 0 Å². The summed E-state index contributed by atoms with van der Waals surface area (Å²) < 4.78 is 2.07. The fraction of sp³-hybridized carbons (Fsp3) is 0.565. The van der Waals surface area contributed by atoms with E-state index < -0.39 is 0 Å². The van der Waals surface area contributed by atoms with Gasteiger partial charge in [0.05, 0.1) is 0 Å². The molecular weight excluding hydrogens is 348 g/mol. The molecule has 5 heteroatoms. The van der Waals surface area contributed by atoms with Crippen molar-refractivity contribution in [3.8, 4) is 0 Å². The van der Waals surface area contributed by atoms with Crippen LogP contribution in [-0.2, 0) is 32.2 Å². The quantitative estimate of drug-likeness (QED) is 0.890. The second-order valence-electron chi connectivity index (χ2n) is 8.57. The summed E-state index contributed by atoms with van der Waals surface area (Å²) in [6, 6.07) is 9.75. The number of carbonyl (C=O) groups is 1. The van der Waals surface area contributed by atoms with Gasteiger partial charge in [0.15, 0.2) is 5.69 Å². The minimum atomic E-state index is 0.148. The predicted octanol–water partition coefficient (Wildman–Crippen LogP) is 2.75. The smallest absolute Gasteiger partial charge is 0.274 e. The number of hydrogen-bond acceptors (Lipinski definition) is 3. The lowest BCUT2D eigenvalue weighted by atomic mass is 9.90. The molecule has 2 aliphatic carbocycles. The fourth-order valence-electron chi connectivity index (χ4n) is 5.34. The third-order valence-electron chi connectivity index (χ3n) is 6.76. The number of amides is 1. The van der Waals surface area contributed by atoms with Gasteiger partial charge in [-0.25, -0.2) is 0 Å². The average molecular weight is 379 g/mol. The number of nitrogens with zero attached hydrogens (tertiary/aromatic N) is 3. The largest absolute Gasteiger partial charge is 0.337 e. The van der Waals surface area contributed by atoms with E-state index in [1.54, 1.807) is 0 Å². The molecule has 148 valence electrons. The van der Waals surface area contributed by atoms with Crippen molar-refractivity contribution >= 4 is 5.91 Å². The SMILES string of the molecule is CCn1nc(C(=O)N2CCCC2)c2c1CCC(NC1Cc3ccccc3C1)C2. The van der Waals surface area contributed by atoms with Crippen LogP contribution in [0.25, 0.3) is 0 Å². The molecule has 1 atom stereocenters. The monoisotopic (exact) mass is 378 g/mol. The molecule has 5 nitrogen and oxygen atoms in total. The number of benzene rings is 1. The zero-order valence-electron chi connectivity index (χ0n) is 16.8. The van der Waals surface area contributed by atoms with Gasteiger partial charge in [0, 0.05) is 43.0 Å². The highest BCUT2D eigenvalue weighted by atomic mass is 16.2. The van der Waals surface area contributed by atoms with Gasteiger partial charge < -0.3 is 10.2 Å². The number of aryl methyl sites for hydroxylation is 1. The molecule has 1 saturated heterocycles. The maximum absolute atomic E-state index is 13.1.